The molecule has 0 aliphatic carbocycles. The molecule has 1 rings (SSSR count). The zero-order chi connectivity index (χ0) is 13.0. The average Bonchev–Trinajstić information content (AvgIpc) is 2.28. The van der Waals surface area contributed by atoms with E-state index in [1.54, 1.807) is 0 Å². The number of benzene rings is 1. The number of hydrogen-bond donors (Lipinski definition) is 2. The second-order valence-electron chi connectivity index (χ2n) is 3.64. The molecule has 5 nitrogen and oxygen atoms in total. The van der Waals surface area contributed by atoms with Gasteiger partial charge in [-0.1, -0.05) is 6.92 Å². The van der Waals surface area contributed by atoms with Crippen LogP contribution < -0.4 is 11.5 Å². The lowest BCUT2D eigenvalue weighted by molar-refractivity contribution is -0.122. The molecule has 4 N–H and O–H groups in total. The summed E-state index contributed by atoms with van der Waals surface area (Å²) >= 11 is 0. The zero-order valence-electron chi connectivity index (χ0n) is 9.27. The Morgan fingerprint density at radius 2 is 2.12 bits per heavy atom. The Balaban J connectivity index is 2.64. The van der Waals surface area contributed by atoms with Crippen LogP contribution in [0, 0.1) is 11.7 Å². The van der Waals surface area contributed by atoms with Crippen LogP contribution in [0.3, 0.4) is 0 Å². The largest absolute Gasteiger partial charge is 0.461 e. The van der Waals surface area contributed by atoms with Gasteiger partial charge in [-0.05, 0) is 18.2 Å². The van der Waals surface area contributed by atoms with Crippen LogP contribution in [0.1, 0.15) is 17.3 Å². The molecule has 92 valence electrons. The van der Waals surface area contributed by atoms with Crippen molar-refractivity contribution >= 4 is 17.6 Å². The van der Waals surface area contributed by atoms with Crippen molar-refractivity contribution in [3.63, 3.8) is 0 Å². The van der Waals surface area contributed by atoms with Gasteiger partial charge >= 0.3 is 5.97 Å². The summed E-state index contributed by atoms with van der Waals surface area (Å²) in [5, 5.41) is 0. The molecule has 1 unspecified atom stereocenters. The Morgan fingerprint density at radius 3 is 2.65 bits per heavy atom. The van der Waals surface area contributed by atoms with E-state index in [1.807, 2.05) is 0 Å². The van der Waals surface area contributed by atoms with Gasteiger partial charge in [-0.25, -0.2) is 9.18 Å². The molecule has 17 heavy (non-hydrogen) atoms. The van der Waals surface area contributed by atoms with Gasteiger partial charge in [0.05, 0.1) is 17.2 Å². The first-order chi connectivity index (χ1) is 7.91. The maximum Gasteiger partial charge on any atom is 0.338 e. The molecule has 0 saturated heterocycles. The van der Waals surface area contributed by atoms with Crippen LogP contribution in [-0.4, -0.2) is 18.5 Å². The third-order valence-electron chi connectivity index (χ3n) is 2.19. The predicted molar refractivity (Wildman–Crippen MR) is 59.5 cm³/mol. The number of carbonyl (C=O) groups is 2. The normalized spacial score (nSPS) is 11.9. The van der Waals surface area contributed by atoms with Crippen molar-refractivity contribution in [2.24, 2.45) is 11.7 Å². The summed E-state index contributed by atoms with van der Waals surface area (Å²) in [6.45, 7) is 1.39. The lowest BCUT2D eigenvalue weighted by Gasteiger charge is -2.08. The SMILES string of the molecule is CC(COC(=O)c1ccc(N)c(F)c1)C(N)=O. The fraction of sp³-hybridized carbons (Fsp3) is 0.273. The maximum atomic E-state index is 13.1. The first-order valence-electron chi connectivity index (χ1n) is 4.93. The summed E-state index contributed by atoms with van der Waals surface area (Å²) in [7, 11) is 0. The molecule has 0 fully saturated rings. The van der Waals surface area contributed by atoms with Crippen molar-refractivity contribution in [1.29, 1.82) is 0 Å². The Kier molecular flexibility index (Phi) is 4.03. The van der Waals surface area contributed by atoms with Crippen molar-refractivity contribution in [3.8, 4) is 0 Å². The Hall–Kier alpha value is -2.11. The Bertz CT molecular complexity index is 448. The molecule has 6 heteroatoms. The lowest BCUT2D eigenvalue weighted by Crippen LogP contribution is -2.25. The number of halogens is 1. The van der Waals surface area contributed by atoms with Crippen LogP contribution in [0.15, 0.2) is 18.2 Å². The molecular formula is C11H13FN2O3. The van der Waals surface area contributed by atoms with Gasteiger partial charge < -0.3 is 16.2 Å². The van der Waals surface area contributed by atoms with Crippen LogP contribution >= 0.6 is 0 Å². The minimum atomic E-state index is -0.725. The maximum absolute atomic E-state index is 13.1. The number of esters is 1. The smallest absolute Gasteiger partial charge is 0.338 e. The number of anilines is 1. The summed E-state index contributed by atoms with van der Waals surface area (Å²) in [5.74, 6) is -2.57. The summed E-state index contributed by atoms with van der Waals surface area (Å²) in [4.78, 5) is 22.2. The van der Waals surface area contributed by atoms with E-state index in [1.165, 1.54) is 19.1 Å². The highest BCUT2D eigenvalue weighted by Crippen LogP contribution is 2.13. The second-order valence-corrected chi connectivity index (χ2v) is 3.64. The van der Waals surface area contributed by atoms with Crippen molar-refractivity contribution in [2.75, 3.05) is 12.3 Å². The van der Waals surface area contributed by atoms with Crippen molar-refractivity contribution in [2.45, 2.75) is 6.92 Å². The summed E-state index contributed by atoms with van der Waals surface area (Å²) < 4.78 is 17.9. The molecule has 0 bridgehead atoms. The molecule has 0 saturated carbocycles. The highest BCUT2D eigenvalue weighted by atomic mass is 19.1. The number of hydrogen-bond acceptors (Lipinski definition) is 4. The fourth-order valence-electron chi connectivity index (χ4n) is 1.02. The number of rotatable bonds is 4. The lowest BCUT2D eigenvalue weighted by atomic mass is 10.2. The summed E-state index contributed by atoms with van der Waals surface area (Å²) in [6.07, 6.45) is 0. The number of ether oxygens (including phenoxy) is 1. The van der Waals surface area contributed by atoms with Gasteiger partial charge in [-0.15, -0.1) is 0 Å². The molecule has 0 aliphatic heterocycles. The quantitative estimate of drug-likeness (QED) is 0.597. The van der Waals surface area contributed by atoms with E-state index in [2.05, 4.69) is 0 Å². The van der Waals surface area contributed by atoms with Gasteiger partial charge in [0.1, 0.15) is 12.4 Å². The molecule has 0 heterocycles. The molecule has 1 aromatic rings. The molecule has 0 aromatic heterocycles. The molecule has 0 aliphatic rings. The van der Waals surface area contributed by atoms with E-state index in [4.69, 9.17) is 16.2 Å². The predicted octanol–water partition coefficient (Wildman–Crippen LogP) is 0.686. The first-order valence-corrected chi connectivity index (χ1v) is 4.93. The first kappa shape index (κ1) is 13.0. The molecule has 1 amide bonds. The van der Waals surface area contributed by atoms with Crippen LogP contribution in [-0.2, 0) is 9.53 Å². The van der Waals surface area contributed by atoms with Crippen molar-refractivity contribution < 1.29 is 18.7 Å². The highest BCUT2D eigenvalue weighted by molar-refractivity contribution is 5.90. The molecule has 1 aromatic carbocycles. The van der Waals surface area contributed by atoms with Gasteiger partial charge in [-0.2, -0.15) is 0 Å². The molecule has 0 radical (unpaired) electrons. The number of amides is 1. The Morgan fingerprint density at radius 1 is 1.47 bits per heavy atom. The number of primary amides is 1. The van der Waals surface area contributed by atoms with Crippen molar-refractivity contribution in [3.05, 3.63) is 29.6 Å². The van der Waals surface area contributed by atoms with Gasteiger partial charge in [0.2, 0.25) is 5.91 Å². The van der Waals surface area contributed by atoms with Gasteiger partial charge in [0, 0.05) is 0 Å². The molecule has 1 atom stereocenters. The van der Waals surface area contributed by atoms with Crippen LogP contribution in [0.2, 0.25) is 0 Å². The van der Waals surface area contributed by atoms with Gasteiger partial charge in [0.15, 0.2) is 0 Å². The summed E-state index contributed by atoms with van der Waals surface area (Å²) in [6, 6.07) is 3.59. The monoisotopic (exact) mass is 240 g/mol. The average molecular weight is 240 g/mol. The minimum Gasteiger partial charge on any atom is -0.461 e. The third-order valence-corrected chi connectivity index (χ3v) is 2.19. The fourth-order valence-corrected chi connectivity index (χ4v) is 1.02. The van der Waals surface area contributed by atoms with Crippen LogP contribution in [0.25, 0.3) is 0 Å². The molecular weight excluding hydrogens is 227 g/mol. The third kappa shape index (κ3) is 3.44. The van der Waals surface area contributed by atoms with Crippen LogP contribution in [0.4, 0.5) is 10.1 Å². The van der Waals surface area contributed by atoms with Gasteiger partial charge in [-0.3, -0.25) is 4.79 Å². The van der Waals surface area contributed by atoms with E-state index >= 15 is 0 Å². The van der Waals surface area contributed by atoms with E-state index in [0.29, 0.717) is 0 Å². The topological polar surface area (TPSA) is 95.4 Å². The van der Waals surface area contributed by atoms with E-state index in [-0.39, 0.29) is 17.9 Å². The van der Waals surface area contributed by atoms with E-state index in [9.17, 15) is 14.0 Å². The van der Waals surface area contributed by atoms with Crippen LogP contribution in [0.5, 0.6) is 0 Å². The van der Waals surface area contributed by atoms with Gasteiger partial charge in [0.25, 0.3) is 0 Å². The number of carbonyl (C=O) groups excluding carboxylic acids is 2. The molecule has 0 spiro atoms. The van der Waals surface area contributed by atoms with E-state index in [0.717, 1.165) is 6.07 Å². The standard InChI is InChI=1S/C11H13FN2O3/c1-6(10(14)15)5-17-11(16)7-2-3-9(13)8(12)4-7/h2-4,6H,5,13H2,1H3,(H2,14,15). The van der Waals surface area contributed by atoms with Crippen molar-refractivity contribution in [1.82, 2.24) is 0 Å². The minimum absolute atomic E-state index is 0.0355. The summed E-state index contributed by atoms with van der Waals surface area (Å²) in [5.41, 5.74) is 10.2. The van der Waals surface area contributed by atoms with E-state index < -0.39 is 23.6 Å². The number of nitrogens with two attached hydrogens (primary N) is 2. The highest BCUT2D eigenvalue weighted by Gasteiger charge is 2.14. The zero-order valence-corrected chi connectivity index (χ0v) is 9.27. The second kappa shape index (κ2) is 5.29. The Labute approximate surface area is 97.5 Å². The number of nitrogen functional groups attached to an aromatic ring is 1.